The maximum Gasteiger partial charge on any atom is -0.00211 e. The molecule has 84 valence electrons. The second kappa shape index (κ2) is 5.89. The van der Waals surface area contributed by atoms with Crippen molar-refractivity contribution in [2.75, 3.05) is 0 Å². The van der Waals surface area contributed by atoms with E-state index in [1.165, 1.54) is 16.7 Å². The smallest absolute Gasteiger partial charge is 0.00211 e. The highest BCUT2D eigenvalue weighted by molar-refractivity contribution is 5.62. The fourth-order valence-electron chi connectivity index (χ4n) is 1.71. The van der Waals surface area contributed by atoms with Crippen LogP contribution in [0.25, 0.3) is 5.57 Å². The molecule has 0 saturated carbocycles. The third-order valence-electron chi connectivity index (χ3n) is 2.71. The Morgan fingerprint density at radius 3 is 2.18 bits per heavy atom. The summed E-state index contributed by atoms with van der Waals surface area (Å²) in [7, 11) is 0. The average Bonchev–Trinajstić information content (AvgIpc) is 2.41. The molecular formula is C17H16. The zero-order chi connectivity index (χ0) is 11.9. The van der Waals surface area contributed by atoms with Crippen molar-refractivity contribution in [2.24, 2.45) is 0 Å². The van der Waals surface area contributed by atoms with E-state index in [-0.39, 0.29) is 0 Å². The molecule has 0 heteroatoms. The second-order valence-electron chi connectivity index (χ2n) is 4.03. The minimum Gasteiger partial charge on any atom is -0.121 e. The van der Waals surface area contributed by atoms with E-state index < -0.39 is 0 Å². The van der Waals surface area contributed by atoms with Gasteiger partial charge in [-0.05, 0) is 36.1 Å². The van der Waals surface area contributed by atoms with Crippen molar-refractivity contribution >= 4 is 5.57 Å². The lowest BCUT2D eigenvalue weighted by atomic mass is 10.1. The van der Waals surface area contributed by atoms with Gasteiger partial charge in [-0.3, -0.25) is 0 Å². The van der Waals surface area contributed by atoms with Crippen LogP contribution in [0.1, 0.15) is 18.1 Å². The summed E-state index contributed by atoms with van der Waals surface area (Å²) in [6.45, 7) is 2.09. The predicted molar refractivity (Wildman–Crippen MR) is 73.8 cm³/mol. The van der Waals surface area contributed by atoms with E-state index in [4.69, 9.17) is 0 Å². The molecule has 0 aliphatic rings. The third kappa shape index (κ3) is 3.48. The molecule has 2 aromatic carbocycles. The molecule has 17 heavy (non-hydrogen) atoms. The standard InChI is InChI=1S/C17H16/c1-15(17-13-6-3-7-14-17)9-8-12-16-10-4-2-5-11-16/h2-8,10-11,13-14H,12H2,1H3. The van der Waals surface area contributed by atoms with Crippen molar-refractivity contribution in [1.82, 2.24) is 0 Å². The Morgan fingerprint density at radius 1 is 0.941 bits per heavy atom. The van der Waals surface area contributed by atoms with Crippen LogP contribution >= 0.6 is 0 Å². The Kier molecular flexibility index (Phi) is 3.96. The highest BCUT2D eigenvalue weighted by Crippen LogP contribution is 2.11. The second-order valence-corrected chi connectivity index (χ2v) is 4.03. The Labute approximate surface area is 103 Å². The van der Waals surface area contributed by atoms with Crippen LogP contribution in [0.2, 0.25) is 0 Å². The summed E-state index contributed by atoms with van der Waals surface area (Å²) in [5, 5.41) is 0. The molecule has 0 spiro atoms. The summed E-state index contributed by atoms with van der Waals surface area (Å²) >= 11 is 0. The molecule has 0 nitrogen and oxygen atoms in total. The molecule has 0 atom stereocenters. The van der Waals surface area contributed by atoms with Gasteiger partial charge in [0.15, 0.2) is 0 Å². The molecule has 2 rings (SSSR count). The quantitative estimate of drug-likeness (QED) is 0.669. The van der Waals surface area contributed by atoms with Crippen molar-refractivity contribution in [3.8, 4) is 0 Å². The Morgan fingerprint density at radius 2 is 1.53 bits per heavy atom. The summed E-state index contributed by atoms with van der Waals surface area (Å²) in [6, 6.07) is 20.8. The van der Waals surface area contributed by atoms with E-state index in [0.717, 1.165) is 6.42 Å². The van der Waals surface area contributed by atoms with E-state index in [2.05, 4.69) is 67.3 Å². The zero-order valence-electron chi connectivity index (χ0n) is 10.1. The van der Waals surface area contributed by atoms with Crippen LogP contribution < -0.4 is 0 Å². The monoisotopic (exact) mass is 220 g/mol. The van der Waals surface area contributed by atoms with E-state index in [1.807, 2.05) is 12.1 Å². The van der Waals surface area contributed by atoms with Crippen LogP contribution in [0, 0.1) is 0 Å². The average molecular weight is 220 g/mol. The Hall–Kier alpha value is -2.04. The van der Waals surface area contributed by atoms with Gasteiger partial charge in [0.05, 0.1) is 0 Å². The van der Waals surface area contributed by atoms with Gasteiger partial charge in [-0.2, -0.15) is 0 Å². The first-order valence-corrected chi connectivity index (χ1v) is 5.87. The van der Waals surface area contributed by atoms with E-state index in [0.29, 0.717) is 0 Å². The molecular weight excluding hydrogens is 204 g/mol. The topological polar surface area (TPSA) is 0 Å². The van der Waals surface area contributed by atoms with Gasteiger partial charge in [0.1, 0.15) is 0 Å². The zero-order valence-corrected chi connectivity index (χ0v) is 10.1. The molecule has 0 N–H and O–H groups in total. The van der Waals surface area contributed by atoms with Gasteiger partial charge in [-0.15, -0.1) is 5.73 Å². The van der Waals surface area contributed by atoms with Gasteiger partial charge in [0.25, 0.3) is 0 Å². The van der Waals surface area contributed by atoms with Crippen molar-refractivity contribution in [3.63, 3.8) is 0 Å². The van der Waals surface area contributed by atoms with Gasteiger partial charge < -0.3 is 0 Å². The molecule has 0 amide bonds. The van der Waals surface area contributed by atoms with Crippen molar-refractivity contribution in [3.05, 3.63) is 83.6 Å². The lowest BCUT2D eigenvalue weighted by molar-refractivity contribution is 1.27. The highest BCUT2D eigenvalue weighted by atomic mass is 14.0. The normalized spacial score (nSPS) is 9.47. The van der Waals surface area contributed by atoms with E-state index in [1.54, 1.807) is 0 Å². The summed E-state index contributed by atoms with van der Waals surface area (Å²) < 4.78 is 0. The molecule has 0 radical (unpaired) electrons. The Balaban J connectivity index is 2.10. The summed E-state index contributed by atoms with van der Waals surface area (Å²) in [4.78, 5) is 0. The number of hydrogen-bond donors (Lipinski definition) is 0. The van der Waals surface area contributed by atoms with Crippen molar-refractivity contribution in [2.45, 2.75) is 13.3 Å². The predicted octanol–water partition coefficient (Wildman–Crippen LogP) is 4.49. The summed E-state index contributed by atoms with van der Waals surface area (Å²) in [6.07, 6.45) is 3.03. The van der Waals surface area contributed by atoms with Gasteiger partial charge in [0.2, 0.25) is 0 Å². The SMILES string of the molecule is CC(=C=CCc1ccccc1)c1ccccc1. The third-order valence-corrected chi connectivity index (χ3v) is 2.71. The molecule has 2 aromatic rings. The number of benzene rings is 2. The molecule has 0 saturated heterocycles. The lowest BCUT2D eigenvalue weighted by Gasteiger charge is -1.96. The maximum atomic E-state index is 3.34. The van der Waals surface area contributed by atoms with Crippen LogP contribution in [0.15, 0.2) is 72.5 Å². The van der Waals surface area contributed by atoms with Gasteiger partial charge >= 0.3 is 0 Å². The van der Waals surface area contributed by atoms with Crippen LogP contribution in [0.4, 0.5) is 0 Å². The van der Waals surface area contributed by atoms with Crippen LogP contribution in [0.5, 0.6) is 0 Å². The molecule has 0 aliphatic heterocycles. The van der Waals surface area contributed by atoms with E-state index in [9.17, 15) is 0 Å². The van der Waals surface area contributed by atoms with Crippen LogP contribution in [-0.4, -0.2) is 0 Å². The Bertz CT molecular complexity index is 514. The van der Waals surface area contributed by atoms with Gasteiger partial charge in [-0.25, -0.2) is 0 Å². The van der Waals surface area contributed by atoms with Crippen molar-refractivity contribution in [1.29, 1.82) is 0 Å². The molecule has 0 heterocycles. The van der Waals surface area contributed by atoms with Crippen LogP contribution in [0.3, 0.4) is 0 Å². The summed E-state index contributed by atoms with van der Waals surface area (Å²) in [5.41, 5.74) is 7.07. The van der Waals surface area contributed by atoms with E-state index >= 15 is 0 Å². The first-order chi connectivity index (χ1) is 8.36. The number of rotatable bonds is 3. The fraction of sp³-hybridized carbons (Fsp3) is 0.118. The number of hydrogen-bond acceptors (Lipinski definition) is 0. The highest BCUT2D eigenvalue weighted by Gasteiger charge is 1.91. The lowest BCUT2D eigenvalue weighted by Crippen LogP contribution is -1.78. The molecule has 0 unspecified atom stereocenters. The van der Waals surface area contributed by atoms with Gasteiger partial charge in [0, 0.05) is 0 Å². The summed E-state index contributed by atoms with van der Waals surface area (Å²) in [5.74, 6) is 0. The molecule has 0 aliphatic carbocycles. The first kappa shape index (κ1) is 11.4. The largest absolute Gasteiger partial charge is 0.121 e. The minimum atomic E-state index is 0.936. The minimum absolute atomic E-state index is 0.936. The molecule has 0 aromatic heterocycles. The fourth-order valence-corrected chi connectivity index (χ4v) is 1.71. The molecule has 0 fully saturated rings. The first-order valence-electron chi connectivity index (χ1n) is 5.87. The van der Waals surface area contributed by atoms with Crippen molar-refractivity contribution < 1.29 is 0 Å². The molecule has 0 bridgehead atoms. The maximum absolute atomic E-state index is 3.34. The number of allylic oxidation sites excluding steroid dienone is 1. The van der Waals surface area contributed by atoms with Crippen LogP contribution in [-0.2, 0) is 6.42 Å². The van der Waals surface area contributed by atoms with Gasteiger partial charge in [-0.1, -0.05) is 60.7 Å².